The van der Waals surface area contributed by atoms with Crippen molar-refractivity contribution in [3.63, 3.8) is 0 Å². The van der Waals surface area contributed by atoms with Crippen molar-refractivity contribution in [2.75, 3.05) is 18.8 Å². The molecule has 10 heteroatoms. The molecule has 0 bridgehead atoms. The largest absolute Gasteiger partial charge is 0.487 e. The molecule has 0 saturated heterocycles. The van der Waals surface area contributed by atoms with Crippen molar-refractivity contribution in [2.45, 2.75) is 30.9 Å². The summed E-state index contributed by atoms with van der Waals surface area (Å²) in [5.74, 6) is 1.01. The Morgan fingerprint density at radius 2 is 1.66 bits per heavy atom. The zero-order valence-corrected chi connectivity index (χ0v) is 21.9. The second kappa shape index (κ2) is 11.2. The zero-order valence-electron chi connectivity index (χ0n) is 19.6. The molecule has 0 amide bonds. The van der Waals surface area contributed by atoms with E-state index in [9.17, 15) is 13.7 Å². The summed E-state index contributed by atoms with van der Waals surface area (Å²) in [6.07, 6.45) is -0.178. The molecule has 0 aromatic heterocycles. The Hall–Kier alpha value is -2.96. The summed E-state index contributed by atoms with van der Waals surface area (Å²) in [5, 5.41) is 9.93. The highest BCUT2D eigenvalue weighted by molar-refractivity contribution is 7.92. The summed E-state index contributed by atoms with van der Waals surface area (Å²) >= 11 is 12.3. The fourth-order valence-electron chi connectivity index (χ4n) is 3.10. The van der Waals surface area contributed by atoms with Crippen LogP contribution in [0.5, 0.6) is 17.2 Å². The average molecular weight is 534 g/mol. The Labute approximate surface area is 215 Å². The molecule has 0 fully saturated rings. The lowest BCUT2D eigenvalue weighted by Gasteiger charge is -2.27. The summed E-state index contributed by atoms with van der Waals surface area (Å²) < 4.78 is 40.1. The van der Waals surface area contributed by atoms with Gasteiger partial charge < -0.3 is 14.4 Å². The quantitative estimate of drug-likeness (QED) is 0.353. The Bertz CT molecular complexity index is 1340. The van der Waals surface area contributed by atoms with Gasteiger partial charge >= 0.3 is 0 Å². The number of benzene rings is 3. The van der Waals surface area contributed by atoms with Crippen LogP contribution in [0.4, 0.5) is 5.69 Å². The number of halogens is 2. The molecule has 0 aliphatic rings. The van der Waals surface area contributed by atoms with Crippen molar-refractivity contribution in [2.24, 2.45) is 0 Å². The predicted molar refractivity (Wildman–Crippen MR) is 138 cm³/mol. The molecule has 3 aromatic carbocycles. The van der Waals surface area contributed by atoms with Gasteiger partial charge in [-0.1, -0.05) is 29.3 Å². The molecule has 35 heavy (non-hydrogen) atoms. The van der Waals surface area contributed by atoms with E-state index in [1.807, 2.05) is 38.9 Å². The maximum Gasteiger partial charge on any atom is 0.261 e. The minimum Gasteiger partial charge on any atom is -0.487 e. The number of hydrogen-bond donors (Lipinski definition) is 1. The monoisotopic (exact) mass is 533 g/mol. The molecule has 7 nitrogen and oxygen atoms in total. The maximum atomic E-state index is 12.9. The fourth-order valence-corrected chi connectivity index (χ4v) is 4.52. The lowest BCUT2D eigenvalue weighted by atomic mass is 10.2. The molecule has 0 aliphatic heterocycles. The summed E-state index contributed by atoms with van der Waals surface area (Å²) in [5.41, 5.74) is 0.509. The summed E-state index contributed by atoms with van der Waals surface area (Å²) in [4.78, 5) is 2.05. The molecule has 0 aliphatic carbocycles. The van der Waals surface area contributed by atoms with E-state index >= 15 is 0 Å². The molecule has 1 N–H and O–H groups in total. The van der Waals surface area contributed by atoms with Crippen LogP contribution < -0.4 is 14.2 Å². The number of nitrogens with one attached hydrogen (secondary N) is 1. The minimum absolute atomic E-state index is 0.0310. The van der Waals surface area contributed by atoms with Crippen LogP contribution in [0.15, 0.2) is 65.6 Å². The van der Waals surface area contributed by atoms with Crippen molar-refractivity contribution in [3.05, 3.63) is 76.3 Å². The van der Waals surface area contributed by atoms with E-state index in [4.69, 9.17) is 32.7 Å². The fraction of sp³-hybridized carbons (Fsp3) is 0.240. The van der Waals surface area contributed by atoms with E-state index in [-0.39, 0.29) is 33.4 Å². The Balaban J connectivity index is 1.76. The van der Waals surface area contributed by atoms with Crippen LogP contribution in [-0.2, 0) is 10.0 Å². The second-order valence-corrected chi connectivity index (χ2v) is 10.6. The zero-order chi connectivity index (χ0) is 25.8. The number of sulfonamides is 1. The van der Waals surface area contributed by atoms with Gasteiger partial charge in [0.2, 0.25) is 0 Å². The lowest BCUT2D eigenvalue weighted by Crippen LogP contribution is -2.38. The first-order valence-electron chi connectivity index (χ1n) is 10.6. The Kier molecular flexibility index (Phi) is 8.51. The van der Waals surface area contributed by atoms with Crippen LogP contribution in [0, 0.1) is 11.3 Å². The highest BCUT2D eigenvalue weighted by atomic mass is 35.5. The van der Waals surface area contributed by atoms with Crippen molar-refractivity contribution in [1.82, 2.24) is 4.90 Å². The Morgan fingerprint density at radius 1 is 0.971 bits per heavy atom. The minimum atomic E-state index is -3.90. The molecular formula is C25H25Cl2N3O4S. The smallest absolute Gasteiger partial charge is 0.261 e. The van der Waals surface area contributed by atoms with Crippen molar-refractivity contribution >= 4 is 38.9 Å². The standard InChI is InChI=1S/C25H25Cl2N3O4S/c1-16(30(3)4)17(2)33-25-14-18(8-13-23(25)27)29-35(31,32)20-11-9-19(10-12-20)34-24-7-5-6-22(26)21(24)15-28/h5-14,16-17,29H,1-4H3/t16-,17?/m1/s1. The predicted octanol–water partition coefficient (Wildman–Crippen LogP) is 6.18. The van der Waals surface area contributed by atoms with Crippen LogP contribution in [0.3, 0.4) is 0 Å². The van der Waals surface area contributed by atoms with Gasteiger partial charge in [0.15, 0.2) is 0 Å². The molecule has 0 saturated carbocycles. The van der Waals surface area contributed by atoms with E-state index in [0.29, 0.717) is 22.2 Å². The number of nitriles is 1. The van der Waals surface area contributed by atoms with E-state index in [1.165, 1.54) is 24.3 Å². The number of rotatable bonds is 9. The first-order valence-corrected chi connectivity index (χ1v) is 12.9. The summed E-state index contributed by atoms with van der Waals surface area (Å²) in [7, 11) is 0.00147. The number of likely N-dealkylation sites (N-methyl/N-ethyl adjacent to an activating group) is 1. The van der Waals surface area contributed by atoms with E-state index in [0.717, 1.165) is 0 Å². The van der Waals surface area contributed by atoms with Gasteiger partial charge in [-0.15, -0.1) is 0 Å². The van der Waals surface area contributed by atoms with E-state index < -0.39 is 10.0 Å². The van der Waals surface area contributed by atoms with Gasteiger partial charge in [-0.3, -0.25) is 4.72 Å². The highest BCUT2D eigenvalue weighted by Crippen LogP contribution is 2.32. The second-order valence-electron chi connectivity index (χ2n) is 8.08. The first-order chi connectivity index (χ1) is 16.5. The number of hydrogen-bond acceptors (Lipinski definition) is 6. The number of ether oxygens (including phenoxy) is 2. The van der Waals surface area contributed by atoms with Gasteiger partial charge in [-0.25, -0.2) is 8.42 Å². The normalized spacial score (nSPS) is 13.1. The average Bonchev–Trinajstić information content (AvgIpc) is 2.81. The van der Waals surface area contributed by atoms with Gasteiger partial charge in [-0.2, -0.15) is 5.26 Å². The highest BCUT2D eigenvalue weighted by Gasteiger charge is 2.19. The van der Waals surface area contributed by atoms with Crippen LogP contribution in [0.25, 0.3) is 0 Å². The molecule has 184 valence electrons. The van der Waals surface area contributed by atoms with Crippen LogP contribution >= 0.6 is 23.2 Å². The van der Waals surface area contributed by atoms with Gasteiger partial charge in [-0.05, 0) is 76.5 Å². The number of anilines is 1. The molecule has 1 unspecified atom stereocenters. The van der Waals surface area contributed by atoms with Gasteiger partial charge in [0.05, 0.1) is 20.6 Å². The molecular weight excluding hydrogens is 509 g/mol. The van der Waals surface area contributed by atoms with Crippen molar-refractivity contribution < 1.29 is 17.9 Å². The topological polar surface area (TPSA) is 91.7 Å². The third kappa shape index (κ3) is 6.59. The molecule has 3 aromatic rings. The van der Waals surface area contributed by atoms with Gasteiger partial charge in [0.25, 0.3) is 10.0 Å². The van der Waals surface area contributed by atoms with Crippen LogP contribution in [0.2, 0.25) is 10.0 Å². The third-order valence-corrected chi connectivity index (χ3v) is 7.46. The SMILES string of the molecule is CC(Oc1cc(NS(=O)(=O)c2ccc(Oc3cccc(Cl)c3C#N)cc2)ccc1Cl)[C@@H](C)N(C)C. The molecule has 0 heterocycles. The third-order valence-electron chi connectivity index (χ3n) is 5.44. The molecule has 2 atom stereocenters. The summed E-state index contributed by atoms with van der Waals surface area (Å²) in [6, 6.07) is 17.5. The Morgan fingerprint density at radius 3 is 2.29 bits per heavy atom. The van der Waals surface area contributed by atoms with Crippen molar-refractivity contribution in [3.8, 4) is 23.3 Å². The van der Waals surface area contributed by atoms with Crippen molar-refractivity contribution in [1.29, 1.82) is 5.26 Å². The molecule has 0 radical (unpaired) electrons. The van der Waals surface area contributed by atoms with E-state index in [1.54, 1.807) is 36.4 Å². The molecule has 0 spiro atoms. The van der Waals surface area contributed by atoms with Crippen LogP contribution in [0.1, 0.15) is 19.4 Å². The van der Waals surface area contributed by atoms with Gasteiger partial charge in [0.1, 0.15) is 35.0 Å². The summed E-state index contributed by atoms with van der Waals surface area (Å²) in [6.45, 7) is 3.94. The lowest BCUT2D eigenvalue weighted by molar-refractivity contribution is 0.122. The first kappa shape index (κ1) is 26.6. The maximum absolute atomic E-state index is 12.9. The van der Waals surface area contributed by atoms with Gasteiger partial charge in [0, 0.05) is 12.1 Å². The van der Waals surface area contributed by atoms with E-state index in [2.05, 4.69) is 4.72 Å². The van der Waals surface area contributed by atoms with Crippen LogP contribution in [-0.4, -0.2) is 39.6 Å². The number of nitrogens with zero attached hydrogens (tertiary/aromatic N) is 2. The molecule has 3 rings (SSSR count).